The first-order chi connectivity index (χ1) is 11.9. The Bertz CT molecular complexity index is 807. The lowest BCUT2D eigenvalue weighted by Crippen LogP contribution is -2.53. The van der Waals surface area contributed by atoms with Gasteiger partial charge in [0.15, 0.2) is 5.60 Å². The van der Waals surface area contributed by atoms with Gasteiger partial charge in [-0.15, -0.1) is 11.3 Å². The van der Waals surface area contributed by atoms with Crippen molar-refractivity contribution in [3.05, 3.63) is 41.3 Å². The number of rotatable bonds is 0. The minimum atomic E-state index is -0.491. The van der Waals surface area contributed by atoms with Crippen molar-refractivity contribution in [1.29, 1.82) is 0 Å². The van der Waals surface area contributed by atoms with E-state index in [1.807, 2.05) is 39.0 Å². The van der Waals surface area contributed by atoms with Crippen LogP contribution in [0.1, 0.15) is 39.2 Å². The number of carbonyl (C=O) groups is 1. The van der Waals surface area contributed by atoms with Crippen LogP contribution in [-0.2, 0) is 10.3 Å². The molecule has 132 valence electrons. The maximum absolute atomic E-state index is 12.6. The summed E-state index contributed by atoms with van der Waals surface area (Å²) in [4.78, 5) is 15.6. The minimum Gasteiger partial charge on any atom is -0.480 e. The number of ether oxygens (including phenoxy) is 2. The summed E-state index contributed by atoms with van der Waals surface area (Å²) in [6.07, 6.45) is 1.55. The number of carbonyl (C=O) groups excluding carboxylic acids is 1. The second-order valence-electron chi connectivity index (χ2n) is 7.76. The summed E-state index contributed by atoms with van der Waals surface area (Å²) in [5, 5.41) is 2.12. The van der Waals surface area contributed by atoms with E-state index in [2.05, 4.69) is 17.5 Å². The Balaban J connectivity index is 1.68. The molecular weight excluding hydrogens is 334 g/mol. The van der Waals surface area contributed by atoms with Crippen LogP contribution in [0.15, 0.2) is 35.7 Å². The summed E-state index contributed by atoms with van der Waals surface area (Å²) in [6.45, 7) is 6.93. The predicted molar refractivity (Wildman–Crippen MR) is 99.1 cm³/mol. The van der Waals surface area contributed by atoms with Crippen molar-refractivity contribution in [3.63, 3.8) is 0 Å². The number of para-hydroxylation sites is 1. The first-order valence-electron chi connectivity index (χ1n) is 8.72. The van der Waals surface area contributed by atoms with E-state index in [4.69, 9.17) is 9.47 Å². The van der Waals surface area contributed by atoms with Crippen molar-refractivity contribution < 1.29 is 14.3 Å². The van der Waals surface area contributed by atoms with E-state index < -0.39 is 11.2 Å². The van der Waals surface area contributed by atoms with Gasteiger partial charge in [0, 0.05) is 22.5 Å². The van der Waals surface area contributed by atoms with Gasteiger partial charge in [0.25, 0.3) is 0 Å². The Morgan fingerprint density at radius 2 is 2.08 bits per heavy atom. The molecule has 5 heteroatoms. The van der Waals surface area contributed by atoms with Gasteiger partial charge >= 0.3 is 6.09 Å². The van der Waals surface area contributed by atoms with Crippen molar-refractivity contribution in [3.8, 4) is 16.2 Å². The molecule has 1 spiro atoms. The molecule has 1 amide bonds. The van der Waals surface area contributed by atoms with Crippen molar-refractivity contribution in [2.24, 2.45) is 0 Å². The fraction of sp³-hybridized carbons (Fsp3) is 0.450. The molecule has 1 saturated heterocycles. The van der Waals surface area contributed by atoms with Gasteiger partial charge in [-0.25, -0.2) is 4.79 Å². The van der Waals surface area contributed by atoms with Crippen LogP contribution in [0.5, 0.6) is 5.75 Å². The van der Waals surface area contributed by atoms with Gasteiger partial charge in [0.1, 0.15) is 11.4 Å². The number of hydrogen-bond donors (Lipinski definition) is 0. The molecule has 1 aromatic heterocycles. The number of fused-ring (bicyclic) bond motifs is 4. The zero-order chi connectivity index (χ0) is 17.7. The second kappa shape index (κ2) is 5.77. The van der Waals surface area contributed by atoms with Crippen molar-refractivity contribution in [2.45, 2.75) is 44.8 Å². The highest BCUT2D eigenvalue weighted by Crippen LogP contribution is 2.50. The molecule has 3 heterocycles. The van der Waals surface area contributed by atoms with E-state index >= 15 is 0 Å². The maximum Gasteiger partial charge on any atom is 0.410 e. The van der Waals surface area contributed by atoms with Crippen molar-refractivity contribution >= 4 is 17.4 Å². The minimum absolute atomic E-state index is 0.259. The SMILES string of the molecule is CC(C)(C)OC(=O)N1CCCC2(C1)Oc1ccccc1-c1sccc12. The third-order valence-corrected chi connectivity index (χ3v) is 5.65. The van der Waals surface area contributed by atoms with Gasteiger partial charge in [0.05, 0.1) is 6.54 Å². The van der Waals surface area contributed by atoms with E-state index in [0.717, 1.165) is 24.2 Å². The first-order valence-corrected chi connectivity index (χ1v) is 9.60. The van der Waals surface area contributed by atoms with Gasteiger partial charge in [-0.1, -0.05) is 12.1 Å². The number of amides is 1. The Morgan fingerprint density at radius 1 is 1.28 bits per heavy atom. The Kier molecular flexibility index (Phi) is 3.80. The average molecular weight is 357 g/mol. The summed E-state index contributed by atoms with van der Waals surface area (Å²) >= 11 is 1.74. The van der Waals surface area contributed by atoms with E-state index in [9.17, 15) is 4.79 Å². The lowest BCUT2D eigenvalue weighted by atomic mass is 9.82. The van der Waals surface area contributed by atoms with Crippen LogP contribution in [-0.4, -0.2) is 29.7 Å². The number of thiophene rings is 1. The molecule has 4 nitrogen and oxygen atoms in total. The van der Waals surface area contributed by atoms with Crippen molar-refractivity contribution in [1.82, 2.24) is 4.90 Å². The number of hydrogen-bond acceptors (Lipinski definition) is 4. The van der Waals surface area contributed by atoms with Crippen LogP contribution < -0.4 is 4.74 Å². The van der Waals surface area contributed by atoms with Gasteiger partial charge < -0.3 is 14.4 Å². The van der Waals surface area contributed by atoms with E-state index in [1.54, 1.807) is 16.2 Å². The molecule has 1 atom stereocenters. The standard InChI is InChI=1S/C20H23NO3S/c1-19(2,3)24-18(22)21-11-6-10-20(13-21)15-9-12-25-17(15)14-7-4-5-8-16(14)23-20/h4-5,7-9,12H,6,10-11,13H2,1-3H3. The highest BCUT2D eigenvalue weighted by atomic mass is 32.1. The molecule has 2 aliphatic rings. The van der Waals surface area contributed by atoms with E-state index in [0.29, 0.717) is 13.1 Å². The Morgan fingerprint density at radius 3 is 2.88 bits per heavy atom. The van der Waals surface area contributed by atoms with Gasteiger partial charge in [0.2, 0.25) is 0 Å². The number of nitrogens with zero attached hydrogens (tertiary/aromatic N) is 1. The molecule has 0 N–H and O–H groups in total. The highest BCUT2D eigenvalue weighted by molar-refractivity contribution is 7.13. The maximum atomic E-state index is 12.6. The third-order valence-electron chi connectivity index (χ3n) is 4.70. The van der Waals surface area contributed by atoms with Gasteiger partial charge in [-0.05, 0) is 57.2 Å². The number of likely N-dealkylation sites (tertiary alicyclic amines) is 1. The highest BCUT2D eigenvalue weighted by Gasteiger charge is 2.46. The zero-order valence-electron chi connectivity index (χ0n) is 14.9. The second-order valence-corrected chi connectivity index (χ2v) is 8.68. The fourth-order valence-electron chi connectivity index (χ4n) is 3.69. The molecule has 1 aromatic carbocycles. The largest absolute Gasteiger partial charge is 0.480 e. The summed E-state index contributed by atoms with van der Waals surface area (Å²) in [7, 11) is 0. The average Bonchev–Trinajstić information content (AvgIpc) is 3.05. The predicted octanol–water partition coefficient (Wildman–Crippen LogP) is 5.03. The monoisotopic (exact) mass is 357 g/mol. The zero-order valence-corrected chi connectivity index (χ0v) is 15.7. The molecule has 2 aromatic rings. The first kappa shape index (κ1) is 16.5. The third kappa shape index (κ3) is 2.91. The number of piperidine rings is 1. The normalized spacial score (nSPS) is 22.1. The quantitative estimate of drug-likeness (QED) is 0.663. The van der Waals surface area contributed by atoms with Crippen LogP contribution in [0.4, 0.5) is 4.79 Å². The van der Waals surface area contributed by atoms with Gasteiger partial charge in [-0.2, -0.15) is 0 Å². The molecule has 0 radical (unpaired) electrons. The molecule has 25 heavy (non-hydrogen) atoms. The topological polar surface area (TPSA) is 38.8 Å². The van der Waals surface area contributed by atoms with Crippen LogP contribution in [0.3, 0.4) is 0 Å². The molecular formula is C20H23NO3S. The smallest absolute Gasteiger partial charge is 0.410 e. The lowest BCUT2D eigenvalue weighted by molar-refractivity contribution is -0.0323. The van der Waals surface area contributed by atoms with Crippen LogP contribution >= 0.6 is 11.3 Å². The molecule has 1 unspecified atom stereocenters. The molecule has 0 saturated carbocycles. The summed E-state index contributed by atoms with van der Waals surface area (Å²) in [5.41, 5.74) is 1.38. The summed E-state index contributed by atoms with van der Waals surface area (Å²) in [6, 6.07) is 10.3. The Labute approximate surface area is 152 Å². The molecule has 2 aliphatic heterocycles. The summed E-state index contributed by atoms with van der Waals surface area (Å²) in [5.74, 6) is 0.906. The lowest BCUT2D eigenvalue weighted by Gasteiger charge is -2.45. The molecule has 0 aliphatic carbocycles. The van der Waals surface area contributed by atoms with E-state index in [-0.39, 0.29) is 6.09 Å². The van der Waals surface area contributed by atoms with Crippen LogP contribution in [0.25, 0.3) is 10.4 Å². The van der Waals surface area contributed by atoms with Crippen molar-refractivity contribution in [2.75, 3.05) is 13.1 Å². The van der Waals surface area contributed by atoms with Crippen LogP contribution in [0.2, 0.25) is 0 Å². The molecule has 0 bridgehead atoms. The molecule has 1 fully saturated rings. The Hall–Kier alpha value is -2.01. The van der Waals surface area contributed by atoms with Crippen LogP contribution in [0, 0.1) is 0 Å². The van der Waals surface area contributed by atoms with Gasteiger partial charge in [-0.3, -0.25) is 0 Å². The fourth-order valence-corrected chi connectivity index (χ4v) is 4.71. The van der Waals surface area contributed by atoms with E-state index in [1.165, 1.54) is 10.4 Å². The molecule has 4 rings (SSSR count). The summed E-state index contributed by atoms with van der Waals surface area (Å²) < 4.78 is 12.1. The number of benzene rings is 1.